The van der Waals surface area contributed by atoms with Crippen molar-refractivity contribution >= 4 is 27.5 Å². The van der Waals surface area contributed by atoms with Crippen molar-refractivity contribution in [2.75, 3.05) is 19.8 Å². The van der Waals surface area contributed by atoms with Crippen LogP contribution in [0.15, 0.2) is 54.6 Å². The normalized spacial score (nSPS) is 11.5. The van der Waals surface area contributed by atoms with E-state index in [1.165, 1.54) is 9.21 Å². The lowest BCUT2D eigenvalue weighted by molar-refractivity contribution is -0.130. The molecule has 2 aromatic carbocycles. The van der Waals surface area contributed by atoms with E-state index in [2.05, 4.69) is 0 Å². The van der Waals surface area contributed by atoms with Crippen LogP contribution in [-0.4, -0.2) is 43.4 Å². The Labute approximate surface area is 153 Å². The van der Waals surface area contributed by atoms with E-state index in [1.54, 1.807) is 19.2 Å². The minimum absolute atomic E-state index is 0.167. The molecule has 0 aliphatic carbocycles. The van der Waals surface area contributed by atoms with Crippen molar-refractivity contribution in [1.82, 2.24) is 9.21 Å². The second kappa shape index (κ2) is 8.47. The summed E-state index contributed by atoms with van der Waals surface area (Å²) < 4.78 is 25.2. The van der Waals surface area contributed by atoms with Gasteiger partial charge in [0.05, 0.1) is 12.8 Å². The summed E-state index contributed by atoms with van der Waals surface area (Å²) in [5.41, 5.74) is 1.76. The lowest BCUT2D eigenvalue weighted by atomic mass is 10.2. The first kappa shape index (κ1) is 19.4. The first-order chi connectivity index (χ1) is 11.8. The number of amides is 1. The maximum absolute atomic E-state index is 12.5. The average molecular weight is 381 g/mol. The smallest absolute Gasteiger partial charge is 0.237 e. The lowest BCUT2D eigenvalue weighted by Crippen LogP contribution is -2.40. The van der Waals surface area contributed by atoms with Crippen LogP contribution in [-0.2, 0) is 27.9 Å². The summed E-state index contributed by atoms with van der Waals surface area (Å²) in [6, 6.07) is 16.4. The fraction of sp³-hybridized carbons (Fsp3) is 0.278. The zero-order valence-corrected chi connectivity index (χ0v) is 15.8. The number of hydrogen-bond acceptors (Lipinski definition) is 3. The van der Waals surface area contributed by atoms with E-state index in [4.69, 9.17) is 11.6 Å². The highest BCUT2D eigenvalue weighted by atomic mass is 35.5. The molecular weight excluding hydrogens is 360 g/mol. The molecule has 0 N–H and O–H groups in total. The van der Waals surface area contributed by atoms with Gasteiger partial charge in [-0.3, -0.25) is 4.79 Å². The predicted molar refractivity (Wildman–Crippen MR) is 99.6 cm³/mol. The van der Waals surface area contributed by atoms with Crippen LogP contribution < -0.4 is 0 Å². The number of rotatable bonds is 7. The Morgan fingerprint density at radius 1 is 0.960 bits per heavy atom. The van der Waals surface area contributed by atoms with Crippen molar-refractivity contribution in [3.8, 4) is 0 Å². The van der Waals surface area contributed by atoms with Crippen molar-refractivity contribution in [3.05, 3.63) is 70.7 Å². The van der Waals surface area contributed by atoms with Gasteiger partial charge in [-0.25, -0.2) is 8.42 Å². The van der Waals surface area contributed by atoms with Gasteiger partial charge in [0.15, 0.2) is 0 Å². The zero-order valence-electron chi connectivity index (χ0n) is 14.2. The Morgan fingerprint density at radius 3 is 2.08 bits per heavy atom. The van der Waals surface area contributed by atoms with Gasteiger partial charge in [0, 0.05) is 25.2 Å². The molecule has 0 spiro atoms. The van der Waals surface area contributed by atoms with Crippen molar-refractivity contribution in [2.24, 2.45) is 0 Å². The Bertz CT molecular complexity index is 808. The molecule has 0 aromatic heterocycles. The molecular formula is C18H21ClN2O3S. The second-order valence-corrected chi connectivity index (χ2v) is 8.31. The minimum atomic E-state index is -3.50. The number of carbonyl (C=O) groups excluding carboxylic acids is 1. The quantitative estimate of drug-likeness (QED) is 0.742. The summed E-state index contributed by atoms with van der Waals surface area (Å²) in [5.74, 6) is -0.267. The Hall–Kier alpha value is -1.89. The lowest BCUT2D eigenvalue weighted by Gasteiger charge is -2.23. The summed E-state index contributed by atoms with van der Waals surface area (Å²) in [7, 11) is -1.85. The van der Waals surface area contributed by atoms with Gasteiger partial charge in [-0.2, -0.15) is 4.31 Å². The summed E-state index contributed by atoms with van der Waals surface area (Å²) >= 11 is 5.85. The summed E-state index contributed by atoms with van der Waals surface area (Å²) in [6.07, 6.45) is 1.11. The van der Waals surface area contributed by atoms with Crippen molar-refractivity contribution in [2.45, 2.75) is 13.1 Å². The van der Waals surface area contributed by atoms with Gasteiger partial charge in [0.25, 0.3) is 0 Å². The van der Waals surface area contributed by atoms with E-state index in [1.807, 2.05) is 42.5 Å². The van der Waals surface area contributed by atoms with E-state index >= 15 is 0 Å². The minimum Gasteiger partial charge on any atom is -0.340 e. The molecule has 1 amide bonds. The largest absolute Gasteiger partial charge is 0.340 e. The molecule has 0 fully saturated rings. The predicted octanol–water partition coefficient (Wildman–Crippen LogP) is 2.76. The number of likely N-dealkylation sites (N-methyl/N-ethyl adjacent to an activating group) is 1. The standard InChI is InChI=1S/C18H21ClN2O3S/c1-20(12-16-8-10-17(19)11-9-16)18(22)14-21(25(2,23)24)13-15-6-4-3-5-7-15/h3-11H,12-14H2,1-2H3. The molecule has 0 heterocycles. The third-order valence-corrected chi connectivity index (χ3v) is 5.19. The van der Waals surface area contributed by atoms with E-state index in [-0.39, 0.29) is 19.0 Å². The molecule has 7 heteroatoms. The van der Waals surface area contributed by atoms with Crippen LogP contribution in [0.25, 0.3) is 0 Å². The highest BCUT2D eigenvalue weighted by Gasteiger charge is 2.22. The van der Waals surface area contributed by atoms with Crippen molar-refractivity contribution < 1.29 is 13.2 Å². The fourth-order valence-corrected chi connectivity index (χ4v) is 3.16. The van der Waals surface area contributed by atoms with Gasteiger partial charge in [-0.15, -0.1) is 0 Å². The first-order valence-corrected chi connectivity index (χ1v) is 9.96. The summed E-state index contributed by atoms with van der Waals surface area (Å²) in [4.78, 5) is 14.0. The van der Waals surface area contributed by atoms with Crippen LogP contribution >= 0.6 is 11.6 Å². The molecule has 0 aliphatic rings. The number of halogens is 1. The Kier molecular flexibility index (Phi) is 6.58. The SMILES string of the molecule is CN(Cc1ccc(Cl)cc1)C(=O)CN(Cc1ccccc1)S(C)(=O)=O. The fourth-order valence-electron chi connectivity index (χ4n) is 2.30. The number of hydrogen-bond donors (Lipinski definition) is 0. The Balaban J connectivity index is 2.04. The number of carbonyl (C=O) groups is 1. The molecule has 134 valence electrons. The van der Waals surface area contributed by atoms with Crippen molar-refractivity contribution in [3.63, 3.8) is 0 Å². The maximum Gasteiger partial charge on any atom is 0.237 e. The number of nitrogens with zero attached hydrogens (tertiary/aromatic N) is 2. The van der Waals surface area contributed by atoms with Gasteiger partial charge in [0.2, 0.25) is 15.9 Å². The topological polar surface area (TPSA) is 57.7 Å². The molecule has 0 atom stereocenters. The van der Waals surface area contributed by atoms with Crippen LogP contribution in [0.1, 0.15) is 11.1 Å². The van der Waals surface area contributed by atoms with E-state index in [9.17, 15) is 13.2 Å². The van der Waals surface area contributed by atoms with Crippen molar-refractivity contribution in [1.29, 1.82) is 0 Å². The summed E-state index contributed by atoms with van der Waals surface area (Å²) in [6.45, 7) is 0.358. The van der Waals surface area contributed by atoms with Crippen LogP contribution in [0.2, 0.25) is 5.02 Å². The summed E-state index contributed by atoms with van der Waals surface area (Å²) in [5, 5.41) is 0.629. The second-order valence-electron chi connectivity index (χ2n) is 5.89. The van der Waals surface area contributed by atoms with E-state index in [0.717, 1.165) is 17.4 Å². The molecule has 0 saturated carbocycles. The van der Waals surface area contributed by atoms with Crippen LogP contribution in [0.5, 0.6) is 0 Å². The van der Waals surface area contributed by atoms with Gasteiger partial charge in [0.1, 0.15) is 0 Å². The highest BCUT2D eigenvalue weighted by molar-refractivity contribution is 7.88. The third kappa shape index (κ3) is 6.16. The molecule has 0 unspecified atom stereocenters. The number of benzene rings is 2. The highest BCUT2D eigenvalue weighted by Crippen LogP contribution is 2.12. The van der Waals surface area contributed by atoms with E-state index in [0.29, 0.717) is 11.6 Å². The van der Waals surface area contributed by atoms with E-state index < -0.39 is 10.0 Å². The monoisotopic (exact) mass is 380 g/mol. The molecule has 5 nitrogen and oxygen atoms in total. The van der Waals surface area contributed by atoms with Gasteiger partial charge in [-0.05, 0) is 23.3 Å². The zero-order chi connectivity index (χ0) is 18.4. The maximum atomic E-state index is 12.5. The van der Waals surface area contributed by atoms with Gasteiger partial charge in [-0.1, -0.05) is 54.1 Å². The first-order valence-electron chi connectivity index (χ1n) is 7.73. The number of sulfonamides is 1. The molecule has 0 bridgehead atoms. The van der Waals surface area contributed by atoms with Crippen LogP contribution in [0.3, 0.4) is 0 Å². The third-order valence-electron chi connectivity index (χ3n) is 3.74. The molecule has 0 aliphatic heterocycles. The molecule has 2 aromatic rings. The van der Waals surface area contributed by atoms with Gasteiger partial charge < -0.3 is 4.90 Å². The molecule has 0 saturated heterocycles. The molecule has 0 radical (unpaired) electrons. The molecule has 25 heavy (non-hydrogen) atoms. The van der Waals surface area contributed by atoms with Crippen LogP contribution in [0.4, 0.5) is 0 Å². The Morgan fingerprint density at radius 2 is 1.52 bits per heavy atom. The average Bonchev–Trinajstić information content (AvgIpc) is 2.56. The van der Waals surface area contributed by atoms with Crippen LogP contribution in [0, 0.1) is 0 Å². The van der Waals surface area contributed by atoms with Gasteiger partial charge >= 0.3 is 0 Å². The molecule has 2 rings (SSSR count).